The van der Waals surface area contributed by atoms with E-state index in [2.05, 4.69) is 5.32 Å². The molecule has 6 N–H and O–H groups in total. The van der Waals surface area contributed by atoms with Crippen molar-refractivity contribution in [2.75, 3.05) is 0 Å². The first-order valence-corrected chi connectivity index (χ1v) is 8.46. The Morgan fingerprint density at radius 2 is 1.96 bits per heavy atom. The Morgan fingerprint density at radius 1 is 1.28 bits per heavy atom. The third kappa shape index (κ3) is 4.82. The summed E-state index contributed by atoms with van der Waals surface area (Å²) in [4.78, 5) is 36.0. The Kier molecular flexibility index (Phi) is 6.19. The van der Waals surface area contributed by atoms with Gasteiger partial charge in [0.1, 0.15) is 5.76 Å². The van der Waals surface area contributed by atoms with Gasteiger partial charge in [0.25, 0.3) is 5.91 Å². The van der Waals surface area contributed by atoms with Crippen molar-refractivity contribution < 1.29 is 23.9 Å². The molecule has 0 saturated heterocycles. The van der Waals surface area contributed by atoms with Crippen molar-refractivity contribution in [2.45, 2.75) is 56.6 Å². The molecule has 0 bridgehead atoms. The molecule has 8 nitrogen and oxygen atoms in total. The average molecular weight is 351 g/mol. The lowest BCUT2D eigenvalue weighted by Crippen LogP contribution is -2.58. The third-order valence-electron chi connectivity index (χ3n) is 4.70. The number of amides is 3. The van der Waals surface area contributed by atoms with Crippen LogP contribution in [-0.2, 0) is 20.8 Å². The Hall–Kier alpha value is -2.35. The van der Waals surface area contributed by atoms with Crippen LogP contribution in [0.25, 0.3) is 0 Å². The second-order valence-corrected chi connectivity index (χ2v) is 6.61. The number of furan rings is 1. The van der Waals surface area contributed by atoms with Crippen molar-refractivity contribution in [2.24, 2.45) is 17.4 Å². The Bertz CT molecular complexity index is 610. The molecule has 8 heteroatoms. The van der Waals surface area contributed by atoms with Crippen molar-refractivity contribution >= 4 is 17.7 Å². The highest BCUT2D eigenvalue weighted by Gasteiger charge is 2.48. The van der Waals surface area contributed by atoms with E-state index in [0.29, 0.717) is 5.76 Å². The summed E-state index contributed by atoms with van der Waals surface area (Å²) < 4.78 is 5.22. The maximum absolute atomic E-state index is 12.8. The van der Waals surface area contributed by atoms with Gasteiger partial charge in [0.05, 0.1) is 18.6 Å². The van der Waals surface area contributed by atoms with Gasteiger partial charge in [0.2, 0.25) is 11.8 Å². The molecule has 3 amide bonds. The highest BCUT2D eigenvalue weighted by Crippen LogP contribution is 2.27. The molecule has 138 valence electrons. The molecule has 2 atom stereocenters. The third-order valence-corrected chi connectivity index (χ3v) is 4.70. The maximum Gasteiger partial charge on any atom is 0.250 e. The quantitative estimate of drug-likeness (QED) is 0.519. The number of nitrogens with one attached hydrogen (secondary N) is 1. The summed E-state index contributed by atoms with van der Waals surface area (Å²) in [5.41, 5.74) is 8.09. The van der Waals surface area contributed by atoms with E-state index in [9.17, 15) is 19.5 Å². The van der Waals surface area contributed by atoms with E-state index < -0.39 is 35.7 Å². The van der Waals surface area contributed by atoms with Gasteiger partial charge in [-0.2, -0.15) is 0 Å². The highest BCUT2D eigenvalue weighted by molar-refractivity contribution is 5.95. The van der Waals surface area contributed by atoms with Gasteiger partial charge in [-0.15, -0.1) is 0 Å². The van der Waals surface area contributed by atoms with Crippen LogP contribution in [0, 0.1) is 5.92 Å². The predicted octanol–water partition coefficient (Wildman–Crippen LogP) is -0.0210. The molecule has 1 saturated carbocycles. The molecule has 1 heterocycles. The first kappa shape index (κ1) is 19.0. The van der Waals surface area contributed by atoms with E-state index in [1.54, 1.807) is 12.1 Å². The molecular weight excluding hydrogens is 326 g/mol. The summed E-state index contributed by atoms with van der Waals surface area (Å²) in [7, 11) is 0. The summed E-state index contributed by atoms with van der Waals surface area (Å²) in [6.07, 6.45) is 5.43. The second kappa shape index (κ2) is 8.15. The number of aliphatic hydroxyl groups is 1. The number of carbonyl (C=O) groups is 3. The van der Waals surface area contributed by atoms with Crippen LogP contribution >= 0.6 is 0 Å². The van der Waals surface area contributed by atoms with Crippen molar-refractivity contribution in [1.29, 1.82) is 0 Å². The molecule has 1 aromatic heterocycles. The van der Waals surface area contributed by atoms with Gasteiger partial charge in [-0.05, 0) is 25.0 Å². The number of hydrogen-bond acceptors (Lipinski definition) is 5. The van der Waals surface area contributed by atoms with Gasteiger partial charge in [-0.25, -0.2) is 0 Å². The van der Waals surface area contributed by atoms with E-state index >= 15 is 0 Å². The number of nitrogens with two attached hydrogens (primary N) is 2. The fourth-order valence-electron chi connectivity index (χ4n) is 3.30. The van der Waals surface area contributed by atoms with Crippen LogP contribution < -0.4 is 16.8 Å². The highest BCUT2D eigenvalue weighted by atomic mass is 16.3. The zero-order valence-electron chi connectivity index (χ0n) is 14.1. The number of carbonyl (C=O) groups excluding carboxylic acids is 3. The molecule has 1 aliphatic carbocycles. The molecule has 1 aromatic rings. The fourth-order valence-corrected chi connectivity index (χ4v) is 3.30. The van der Waals surface area contributed by atoms with E-state index in [4.69, 9.17) is 15.9 Å². The van der Waals surface area contributed by atoms with Gasteiger partial charge in [0, 0.05) is 12.5 Å². The van der Waals surface area contributed by atoms with Gasteiger partial charge < -0.3 is 26.3 Å². The summed E-state index contributed by atoms with van der Waals surface area (Å²) in [6, 6.07) is 3.22. The van der Waals surface area contributed by atoms with Crippen molar-refractivity contribution in [3.63, 3.8) is 0 Å². The van der Waals surface area contributed by atoms with Crippen LogP contribution in [0.4, 0.5) is 0 Å². The van der Waals surface area contributed by atoms with Crippen LogP contribution in [0.3, 0.4) is 0 Å². The van der Waals surface area contributed by atoms with Crippen molar-refractivity contribution in [3.05, 3.63) is 24.2 Å². The smallest absolute Gasteiger partial charge is 0.250 e. The fraction of sp³-hybridized carbons (Fsp3) is 0.588. The van der Waals surface area contributed by atoms with Crippen LogP contribution in [0.15, 0.2) is 22.8 Å². The maximum atomic E-state index is 12.8. The van der Waals surface area contributed by atoms with Crippen LogP contribution in [0.2, 0.25) is 0 Å². The molecular formula is C17H25N3O5. The molecule has 0 radical (unpaired) electrons. The summed E-state index contributed by atoms with van der Waals surface area (Å²) >= 11 is 0. The standard InChI is InChI=1S/C17H25N3O5/c18-14(21)10-17(24,16(19)23)13(9-12-7-4-8-25-12)15(22)20-11-5-2-1-3-6-11/h4,7-8,11,13,24H,1-3,5-6,9-10H2,(H2,18,21)(H2,19,23)(H,20,22). The second-order valence-electron chi connectivity index (χ2n) is 6.61. The monoisotopic (exact) mass is 351 g/mol. The molecule has 1 fully saturated rings. The van der Waals surface area contributed by atoms with Gasteiger partial charge in [0.15, 0.2) is 5.60 Å². The van der Waals surface area contributed by atoms with E-state index in [1.165, 1.54) is 6.26 Å². The van der Waals surface area contributed by atoms with Gasteiger partial charge in [-0.3, -0.25) is 14.4 Å². The molecule has 1 aliphatic rings. The van der Waals surface area contributed by atoms with Gasteiger partial charge >= 0.3 is 0 Å². The van der Waals surface area contributed by atoms with Crippen molar-refractivity contribution in [1.82, 2.24) is 5.32 Å². The number of hydrogen-bond donors (Lipinski definition) is 4. The lowest BCUT2D eigenvalue weighted by Gasteiger charge is -2.33. The topological polar surface area (TPSA) is 149 Å². The molecule has 0 aliphatic heterocycles. The van der Waals surface area contributed by atoms with Crippen LogP contribution in [-0.4, -0.2) is 34.5 Å². The van der Waals surface area contributed by atoms with E-state index in [1.807, 2.05) is 0 Å². The zero-order valence-corrected chi connectivity index (χ0v) is 14.1. The normalized spacial score (nSPS) is 18.9. The summed E-state index contributed by atoms with van der Waals surface area (Å²) in [5.74, 6) is -3.50. The average Bonchev–Trinajstić information content (AvgIpc) is 3.05. The predicted molar refractivity (Wildman–Crippen MR) is 88.9 cm³/mol. The minimum Gasteiger partial charge on any atom is -0.469 e. The zero-order chi connectivity index (χ0) is 18.4. The first-order chi connectivity index (χ1) is 11.8. The Labute approximate surface area is 145 Å². The molecule has 0 spiro atoms. The minimum absolute atomic E-state index is 0.0222. The van der Waals surface area contributed by atoms with Crippen LogP contribution in [0.5, 0.6) is 0 Å². The largest absolute Gasteiger partial charge is 0.469 e. The van der Waals surface area contributed by atoms with E-state index in [0.717, 1.165) is 32.1 Å². The number of rotatable bonds is 8. The summed E-state index contributed by atoms with van der Waals surface area (Å²) in [6.45, 7) is 0. The number of primary amides is 2. The Balaban J connectivity index is 2.25. The van der Waals surface area contributed by atoms with Crippen LogP contribution in [0.1, 0.15) is 44.3 Å². The lowest BCUT2D eigenvalue weighted by molar-refractivity contribution is -0.155. The first-order valence-electron chi connectivity index (χ1n) is 8.46. The molecule has 0 aromatic carbocycles. The molecule has 25 heavy (non-hydrogen) atoms. The molecule has 2 rings (SSSR count). The van der Waals surface area contributed by atoms with Gasteiger partial charge in [-0.1, -0.05) is 19.3 Å². The van der Waals surface area contributed by atoms with E-state index in [-0.39, 0.29) is 12.5 Å². The Morgan fingerprint density at radius 3 is 2.48 bits per heavy atom. The van der Waals surface area contributed by atoms with Crippen molar-refractivity contribution in [3.8, 4) is 0 Å². The molecule has 2 unspecified atom stereocenters. The summed E-state index contributed by atoms with van der Waals surface area (Å²) in [5, 5.41) is 13.6. The SMILES string of the molecule is NC(=O)CC(O)(C(N)=O)C(Cc1ccco1)C(=O)NC1CCCCC1. The lowest BCUT2D eigenvalue weighted by atomic mass is 9.79. The minimum atomic E-state index is -2.38.